The highest BCUT2D eigenvalue weighted by molar-refractivity contribution is 5.97. The maximum Gasteiger partial charge on any atom is 0.339 e. The molecule has 0 aromatic heterocycles. The van der Waals surface area contributed by atoms with Crippen molar-refractivity contribution in [1.29, 1.82) is 0 Å². The Morgan fingerprint density at radius 1 is 1.23 bits per heavy atom. The molecule has 1 aliphatic rings. The Labute approximate surface area is 175 Å². The first-order chi connectivity index (χ1) is 14.3. The molecular formula is C22H25N3O5. The molecule has 0 radical (unpaired) electrons. The number of nitro groups is 1. The van der Waals surface area contributed by atoms with Crippen molar-refractivity contribution in [1.82, 2.24) is 0 Å². The van der Waals surface area contributed by atoms with Gasteiger partial charge in [-0.15, -0.1) is 0 Å². The number of carbonyl (C=O) groups excluding carboxylic acids is 2. The topological polar surface area (TPSA) is 102 Å². The molecule has 2 aromatic rings. The Morgan fingerprint density at radius 3 is 2.63 bits per heavy atom. The second-order valence-corrected chi connectivity index (χ2v) is 7.56. The van der Waals surface area contributed by atoms with Gasteiger partial charge in [-0.25, -0.2) is 4.79 Å². The lowest BCUT2D eigenvalue weighted by Crippen LogP contribution is -2.34. The van der Waals surface area contributed by atoms with Crippen LogP contribution in [0, 0.1) is 16.0 Å². The van der Waals surface area contributed by atoms with Crippen molar-refractivity contribution in [3.05, 3.63) is 64.2 Å². The smallest absolute Gasteiger partial charge is 0.339 e. The average molecular weight is 411 g/mol. The van der Waals surface area contributed by atoms with E-state index in [-0.39, 0.29) is 11.3 Å². The van der Waals surface area contributed by atoms with E-state index in [0.717, 1.165) is 25.9 Å². The van der Waals surface area contributed by atoms with Crippen molar-refractivity contribution in [2.45, 2.75) is 32.8 Å². The zero-order valence-corrected chi connectivity index (χ0v) is 17.0. The third kappa shape index (κ3) is 5.14. The summed E-state index contributed by atoms with van der Waals surface area (Å²) in [7, 11) is 0. The molecular weight excluding hydrogens is 386 g/mol. The molecule has 0 bridgehead atoms. The SMILES string of the molecule is C[C@H]1CCCN(c2ccc(C(=O)O[C@@H](C)C(=O)Nc3ccccc3)cc2[N+](=O)[O-])C1. The van der Waals surface area contributed by atoms with Crippen LogP contribution in [-0.2, 0) is 9.53 Å². The zero-order valence-electron chi connectivity index (χ0n) is 17.0. The quantitative estimate of drug-likeness (QED) is 0.438. The molecule has 1 heterocycles. The minimum Gasteiger partial charge on any atom is -0.449 e. The normalized spacial score (nSPS) is 17.1. The second kappa shape index (κ2) is 9.39. The number of nitro benzene ring substituents is 1. The summed E-state index contributed by atoms with van der Waals surface area (Å²) >= 11 is 0. The summed E-state index contributed by atoms with van der Waals surface area (Å²) in [5, 5.41) is 14.3. The molecule has 1 saturated heterocycles. The van der Waals surface area contributed by atoms with Crippen molar-refractivity contribution in [3.63, 3.8) is 0 Å². The number of benzene rings is 2. The van der Waals surface area contributed by atoms with E-state index in [4.69, 9.17) is 4.74 Å². The van der Waals surface area contributed by atoms with Gasteiger partial charge in [0.05, 0.1) is 10.5 Å². The van der Waals surface area contributed by atoms with Gasteiger partial charge < -0.3 is 15.0 Å². The number of ether oxygens (including phenoxy) is 1. The molecule has 0 aliphatic carbocycles. The first-order valence-electron chi connectivity index (χ1n) is 9.95. The molecule has 0 unspecified atom stereocenters. The number of amides is 1. The number of hydrogen-bond donors (Lipinski definition) is 1. The lowest BCUT2D eigenvalue weighted by Gasteiger charge is -2.32. The fourth-order valence-corrected chi connectivity index (χ4v) is 3.52. The van der Waals surface area contributed by atoms with Gasteiger partial charge in [0, 0.05) is 24.8 Å². The van der Waals surface area contributed by atoms with E-state index in [1.807, 2.05) is 11.0 Å². The standard InChI is InChI=1S/C22H25N3O5/c1-15-7-6-12-24(14-15)19-11-10-17(13-20(19)25(28)29)22(27)30-16(2)21(26)23-18-8-4-3-5-9-18/h3-5,8-11,13,15-16H,6-7,12,14H2,1-2H3,(H,23,26)/t15-,16-/m0/s1. The molecule has 1 amide bonds. The zero-order chi connectivity index (χ0) is 21.7. The Balaban J connectivity index is 1.71. The molecule has 3 rings (SSSR count). The summed E-state index contributed by atoms with van der Waals surface area (Å²) in [6.45, 7) is 5.05. The van der Waals surface area contributed by atoms with Gasteiger partial charge in [-0.3, -0.25) is 14.9 Å². The Hall–Kier alpha value is -3.42. The van der Waals surface area contributed by atoms with E-state index in [2.05, 4.69) is 12.2 Å². The van der Waals surface area contributed by atoms with E-state index in [9.17, 15) is 19.7 Å². The largest absolute Gasteiger partial charge is 0.449 e. The van der Waals surface area contributed by atoms with Crippen molar-refractivity contribution >= 4 is 28.9 Å². The Kier molecular flexibility index (Phi) is 6.66. The summed E-state index contributed by atoms with van der Waals surface area (Å²) < 4.78 is 5.22. The number of carbonyl (C=O) groups is 2. The first kappa shape index (κ1) is 21.3. The van der Waals surface area contributed by atoms with Crippen LogP contribution < -0.4 is 10.2 Å². The van der Waals surface area contributed by atoms with Crippen LogP contribution in [0.2, 0.25) is 0 Å². The van der Waals surface area contributed by atoms with Crippen LogP contribution in [0.4, 0.5) is 17.1 Å². The first-order valence-corrected chi connectivity index (χ1v) is 9.95. The van der Waals surface area contributed by atoms with Crippen molar-refractivity contribution in [3.8, 4) is 0 Å². The second-order valence-electron chi connectivity index (χ2n) is 7.56. The highest BCUT2D eigenvalue weighted by atomic mass is 16.6. The maximum absolute atomic E-state index is 12.5. The Bertz CT molecular complexity index is 932. The van der Waals surface area contributed by atoms with Crippen LogP contribution in [0.15, 0.2) is 48.5 Å². The van der Waals surface area contributed by atoms with Crippen LogP contribution in [0.3, 0.4) is 0 Å². The van der Waals surface area contributed by atoms with Gasteiger partial charge >= 0.3 is 5.97 Å². The lowest BCUT2D eigenvalue weighted by atomic mass is 9.99. The van der Waals surface area contributed by atoms with Crippen LogP contribution in [0.1, 0.15) is 37.0 Å². The van der Waals surface area contributed by atoms with Gasteiger partial charge in [0.1, 0.15) is 5.69 Å². The summed E-state index contributed by atoms with van der Waals surface area (Å²) in [5.41, 5.74) is 0.980. The summed E-state index contributed by atoms with van der Waals surface area (Å²) in [5.74, 6) is -0.817. The fraction of sp³-hybridized carbons (Fsp3) is 0.364. The van der Waals surface area contributed by atoms with Crippen LogP contribution in [-0.4, -0.2) is 36.0 Å². The predicted molar refractivity (Wildman–Crippen MR) is 114 cm³/mol. The van der Waals surface area contributed by atoms with Gasteiger partial charge in [-0.05, 0) is 49.9 Å². The average Bonchev–Trinajstić information content (AvgIpc) is 2.73. The van der Waals surface area contributed by atoms with Gasteiger partial charge in [-0.1, -0.05) is 25.1 Å². The molecule has 2 atom stereocenters. The maximum atomic E-state index is 12.5. The predicted octanol–water partition coefficient (Wildman–Crippen LogP) is 4.02. The number of para-hydroxylation sites is 1. The molecule has 2 aromatic carbocycles. The minimum atomic E-state index is -1.06. The van der Waals surface area contributed by atoms with Gasteiger partial charge in [-0.2, -0.15) is 0 Å². The highest BCUT2D eigenvalue weighted by Crippen LogP contribution is 2.32. The van der Waals surface area contributed by atoms with E-state index < -0.39 is 22.9 Å². The number of rotatable bonds is 6. The summed E-state index contributed by atoms with van der Waals surface area (Å²) in [6.07, 6.45) is 1.01. The number of hydrogen-bond acceptors (Lipinski definition) is 6. The lowest BCUT2D eigenvalue weighted by molar-refractivity contribution is -0.384. The molecule has 1 N–H and O–H groups in total. The van der Waals surface area contributed by atoms with E-state index >= 15 is 0 Å². The minimum absolute atomic E-state index is 0.0369. The molecule has 0 saturated carbocycles. The van der Waals surface area contributed by atoms with E-state index in [0.29, 0.717) is 17.3 Å². The molecule has 1 fully saturated rings. The van der Waals surface area contributed by atoms with Gasteiger partial charge in [0.15, 0.2) is 6.10 Å². The van der Waals surface area contributed by atoms with Gasteiger partial charge in [0.25, 0.3) is 11.6 Å². The molecule has 30 heavy (non-hydrogen) atoms. The van der Waals surface area contributed by atoms with Crippen molar-refractivity contribution < 1.29 is 19.2 Å². The fourth-order valence-electron chi connectivity index (χ4n) is 3.52. The van der Waals surface area contributed by atoms with E-state index in [1.54, 1.807) is 30.3 Å². The highest BCUT2D eigenvalue weighted by Gasteiger charge is 2.26. The number of nitrogens with one attached hydrogen (secondary N) is 1. The number of nitrogens with zero attached hydrogens (tertiary/aromatic N) is 2. The monoisotopic (exact) mass is 411 g/mol. The Morgan fingerprint density at radius 2 is 1.97 bits per heavy atom. The summed E-state index contributed by atoms with van der Waals surface area (Å²) in [4.78, 5) is 37.8. The molecule has 8 heteroatoms. The molecule has 0 spiro atoms. The molecule has 1 aliphatic heterocycles. The third-order valence-electron chi connectivity index (χ3n) is 5.10. The molecule has 158 valence electrons. The molecule has 8 nitrogen and oxygen atoms in total. The van der Waals surface area contributed by atoms with Crippen LogP contribution in [0.5, 0.6) is 0 Å². The number of anilines is 2. The van der Waals surface area contributed by atoms with Crippen molar-refractivity contribution in [2.75, 3.05) is 23.3 Å². The summed E-state index contributed by atoms with van der Waals surface area (Å²) in [6, 6.07) is 13.1. The van der Waals surface area contributed by atoms with Crippen molar-refractivity contribution in [2.24, 2.45) is 5.92 Å². The van der Waals surface area contributed by atoms with Crippen LogP contribution >= 0.6 is 0 Å². The third-order valence-corrected chi connectivity index (χ3v) is 5.10. The number of esters is 1. The van der Waals surface area contributed by atoms with Crippen LogP contribution in [0.25, 0.3) is 0 Å². The number of piperidine rings is 1. The van der Waals surface area contributed by atoms with E-state index in [1.165, 1.54) is 19.1 Å². The van der Waals surface area contributed by atoms with Gasteiger partial charge in [0.2, 0.25) is 0 Å².